The van der Waals surface area contributed by atoms with Crippen molar-refractivity contribution in [3.63, 3.8) is 0 Å². The van der Waals surface area contributed by atoms with Gasteiger partial charge in [-0.2, -0.15) is 0 Å². The van der Waals surface area contributed by atoms with E-state index in [1.165, 1.54) is 5.56 Å². The molecule has 3 rings (SSSR count). The maximum absolute atomic E-state index is 12.9. The first kappa shape index (κ1) is 17.8. The van der Waals surface area contributed by atoms with Crippen LogP contribution in [0.4, 0.5) is 0 Å². The van der Waals surface area contributed by atoms with E-state index in [4.69, 9.17) is 0 Å². The molecule has 6 heteroatoms. The van der Waals surface area contributed by atoms with Crippen LogP contribution in [0, 0.1) is 6.92 Å². The number of benzene rings is 1. The molecule has 1 heterocycles. The summed E-state index contributed by atoms with van der Waals surface area (Å²) >= 11 is 1.54. The predicted molar refractivity (Wildman–Crippen MR) is 98.1 cm³/mol. The number of sulfone groups is 1. The number of hydrogen-bond acceptors (Lipinski definition) is 4. The van der Waals surface area contributed by atoms with Gasteiger partial charge in [-0.3, -0.25) is 4.79 Å². The van der Waals surface area contributed by atoms with Gasteiger partial charge in [0.2, 0.25) is 5.91 Å². The molecule has 1 atom stereocenters. The Labute approximate surface area is 148 Å². The van der Waals surface area contributed by atoms with Crippen LogP contribution in [-0.2, 0) is 14.6 Å². The van der Waals surface area contributed by atoms with Crippen molar-refractivity contribution in [3.05, 3.63) is 29.8 Å². The summed E-state index contributed by atoms with van der Waals surface area (Å²) in [7, 11) is -2.98. The van der Waals surface area contributed by atoms with Gasteiger partial charge in [-0.05, 0) is 38.3 Å². The third kappa shape index (κ3) is 4.33. The molecule has 1 saturated carbocycles. The molecule has 0 N–H and O–H groups in total. The molecular weight excluding hydrogens is 342 g/mol. The van der Waals surface area contributed by atoms with E-state index >= 15 is 0 Å². The average Bonchev–Trinajstić information content (AvgIpc) is 3.17. The standard InChI is InChI=1S/C18H25NO3S2/c1-14-6-8-17(9-7-14)23-12-18(20)19(15-4-2-3-5-15)16-10-11-24(21,22)13-16/h6-9,15-16H,2-5,10-13H2,1H3. The Morgan fingerprint density at radius 3 is 2.38 bits per heavy atom. The van der Waals surface area contributed by atoms with Crippen LogP contribution in [0.2, 0.25) is 0 Å². The van der Waals surface area contributed by atoms with E-state index in [0.717, 1.165) is 30.6 Å². The van der Waals surface area contributed by atoms with Gasteiger partial charge in [-0.15, -0.1) is 11.8 Å². The summed E-state index contributed by atoms with van der Waals surface area (Å²) in [5.74, 6) is 0.842. The molecule has 1 aromatic rings. The van der Waals surface area contributed by atoms with Gasteiger partial charge >= 0.3 is 0 Å². The summed E-state index contributed by atoms with van der Waals surface area (Å²) in [6.07, 6.45) is 4.90. The van der Waals surface area contributed by atoms with Crippen molar-refractivity contribution >= 4 is 27.5 Å². The molecule has 0 bridgehead atoms. The summed E-state index contributed by atoms with van der Waals surface area (Å²) in [6.45, 7) is 2.04. The Balaban J connectivity index is 1.67. The second kappa shape index (κ2) is 7.48. The van der Waals surface area contributed by atoms with Crippen molar-refractivity contribution in [1.29, 1.82) is 0 Å². The zero-order valence-electron chi connectivity index (χ0n) is 14.1. The van der Waals surface area contributed by atoms with Crippen molar-refractivity contribution < 1.29 is 13.2 Å². The second-order valence-electron chi connectivity index (χ2n) is 6.90. The predicted octanol–water partition coefficient (Wildman–Crippen LogP) is 3.05. The number of thioether (sulfide) groups is 1. The topological polar surface area (TPSA) is 54.5 Å². The summed E-state index contributed by atoms with van der Waals surface area (Å²) in [5.41, 5.74) is 1.20. The van der Waals surface area contributed by atoms with Gasteiger partial charge in [0.25, 0.3) is 0 Å². The third-order valence-corrected chi connectivity index (χ3v) is 7.74. The van der Waals surface area contributed by atoms with Crippen LogP contribution >= 0.6 is 11.8 Å². The molecule has 2 aliphatic rings. The van der Waals surface area contributed by atoms with Crippen LogP contribution in [0.1, 0.15) is 37.7 Å². The highest BCUT2D eigenvalue weighted by atomic mass is 32.2. The molecule has 0 spiro atoms. The van der Waals surface area contributed by atoms with Gasteiger partial charge in [0.05, 0.1) is 17.3 Å². The monoisotopic (exact) mass is 367 g/mol. The average molecular weight is 368 g/mol. The largest absolute Gasteiger partial charge is 0.335 e. The molecule has 1 aliphatic heterocycles. The zero-order chi connectivity index (χ0) is 17.2. The molecule has 0 radical (unpaired) electrons. The van der Waals surface area contributed by atoms with E-state index in [2.05, 4.69) is 0 Å². The molecule has 4 nitrogen and oxygen atoms in total. The number of carbonyl (C=O) groups excluding carboxylic acids is 1. The maximum Gasteiger partial charge on any atom is 0.233 e. The van der Waals surface area contributed by atoms with Gasteiger partial charge in [-0.25, -0.2) is 8.42 Å². The molecule has 1 amide bonds. The SMILES string of the molecule is Cc1ccc(SCC(=O)N(C2CCCC2)C2CCS(=O)(=O)C2)cc1. The Bertz CT molecular complexity index is 679. The second-order valence-corrected chi connectivity index (χ2v) is 10.2. The van der Waals surface area contributed by atoms with E-state index in [1.54, 1.807) is 11.8 Å². The van der Waals surface area contributed by atoms with Gasteiger partial charge in [0.15, 0.2) is 9.84 Å². The molecule has 1 unspecified atom stereocenters. The minimum Gasteiger partial charge on any atom is -0.335 e. The summed E-state index contributed by atoms with van der Waals surface area (Å²) in [4.78, 5) is 15.9. The third-order valence-electron chi connectivity index (χ3n) is 4.99. The first-order valence-corrected chi connectivity index (χ1v) is 11.5. The van der Waals surface area contributed by atoms with Gasteiger partial charge in [-0.1, -0.05) is 30.5 Å². The highest BCUT2D eigenvalue weighted by Crippen LogP contribution is 2.30. The van der Waals surface area contributed by atoms with E-state index < -0.39 is 9.84 Å². The minimum absolute atomic E-state index is 0.0922. The van der Waals surface area contributed by atoms with Crippen molar-refractivity contribution in [2.45, 2.75) is 56.0 Å². The number of rotatable bonds is 5. The van der Waals surface area contributed by atoms with Gasteiger partial charge < -0.3 is 4.90 Å². The molecule has 0 aromatic heterocycles. The Morgan fingerprint density at radius 2 is 1.79 bits per heavy atom. The highest BCUT2D eigenvalue weighted by Gasteiger charge is 2.38. The lowest BCUT2D eigenvalue weighted by Gasteiger charge is -2.34. The number of carbonyl (C=O) groups is 1. The molecule has 1 saturated heterocycles. The minimum atomic E-state index is -2.98. The normalized spacial score (nSPS) is 23.5. The van der Waals surface area contributed by atoms with Crippen molar-refractivity contribution in [1.82, 2.24) is 4.90 Å². The number of amides is 1. The summed E-state index contributed by atoms with van der Waals surface area (Å²) in [5, 5.41) is 0. The highest BCUT2D eigenvalue weighted by molar-refractivity contribution is 8.00. The molecular formula is C18H25NO3S2. The summed E-state index contributed by atoms with van der Waals surface area (Å²) < 4.78 is 23.7. The fourth-order valence-corrected chi connectivity index (χ4v) is 6.22. The maximum atomic E-state index is 12.9. The Morgan fingerprint density at radius 1 is 1.12 bits per heavy atom. The van der Waals surface area contributed by atoms with E-state index in [-0.39, 0.29) is 29.5 Å². The fourth-order valence-electron chi connectivity index (χ4n) is 3.74. The molecule has 2 fully saturated rings. The lowest BCUT2D eigenvalue weighted by atomic mass is 10.1. The van der Waals surface area contributed by atoms with Crippen molar-refractivity contribution in [2.24, 2.45) is 0 Å². The van der Waals surface area contributed by atoms with Crippen LogP contribution in [0.3, 0.4) is 0 Å². The quantitative estimate of drug-likeness (QED) is 0.751. The Kier molecular flexibility index (Phi) is 5.55. The number of aryl methyl sites for hydroxylation is 1. The first-order valence-electron chi connectivity index (χ1n) is 8.66. The number of nitrogens with zero attached hydrogens (tertiary/aromatic N) is 1. The van der Waals surface area contributed by atoms with Crippen LogP contribution in [0.25, 0.3) is 0 Å². The van der Waals surface area contributed by atoms with Crippen LogP contribution in [-0.4, -0.2) is 48.6 Å². The van der Waals surface area contributed by atoms with Gasteiger partial charge in [0, 0.05) is 17.0 Å². The zero-order valence-corrected chi connectivity index (χ0v) is 15.7. The van der Waals surface area contributed by atoms with E-state index in [9.17, 15) is 13.2 Å². The summed E-state index contributed by atoms with van der Waals surface area (Å²) in [6, 6.07) is 8.27. The van der Waals surface area contributed by atoms with Crippen LogP contribution in [0.15, 0.2) is 29.2 Å². The van der Waals surface area contributed by atoms with Crippen LogP contribution in [0.5, 0.6) is 0 Å². The Hall–Kier alpha value is -1.01. The first-order chi connectivity index (χ1) is 11.4. The molecule has 132 valence electrons. The molecule has 1 aliphatic carbocycles. The smallest absolute Gasteiger partial charge is 0.233 e. The van der Waals surface area contributed by atoms with Crippen molar-refractivity contribution in [2.75, 3.05) is 17.3 Å². The lowest BCUT2D eigenvalue weighted by molar-refractivity contribution is -0.132. The van der Waals surface area contributed by atoms with Crippen LogP contribution < -0.4 is 0 Å². The number of hydrogen-bond donors (Lipinski definition) is 0. The molecule has 24 heavy (non-hydrogen) atoms. The van der Waals surface area contributed by atoms with E-state index in [1.807, 2.05) is 36.1 Å². The fraction of sp³-hybridized carbons (Fsp3) is 0.611. The molecule has 1 aromatic carbocycles. The van der Waals surface area contributed by atoms with Crippen molar-refractivity contribution in [3.8, 4) is 0 Å². The van der Waals surface area contributed by atoms with E-state index in [0.29, 0.717) is 12.2 Å². The van der Waals surface area contributed by atoms with Gasteiger partial charge in [0.1, 0.15) is 0 Å². The lowest BCUT2D eigenvalue weighted by Crippen LogP contribution is -2.47.